The highest BCUT2D eigenvalue weighted by atomic mass is 127. The molecule has 1 saturated carbocycles. The normalized spacial score (nSPS) is 14.9. The summed E-state index contributed by atoms with van der Waals surface area (Å²) in [5, 5.41) is 0. The standard InChI is InChI=1S/C13H16INO/c1-2-15(9-10-3-4-10)13(16)11-5-7-12(14)8-6-11/h5-8,10H,2-4,9H2,1H3. The third kappa shape index (κ3) is 2.97. The van der Waals surface area contributed by atoms with E-state index < -0.39 is 0 Å². The van der Waals surface area contributed by atoms with Crippen molar-refractivity contribution in [2.24, 2.45) is 5.92 Å². The van der Waals surface area contributed by atoms with Crippen molar-refractivity contribution in [1.82, 2.24) is 4.90 Å². The Morgan fingerprint density at radius 1 is 1.38 bits per heavy atom. The first-order valence-electron chi connectivity index (χ1n) is 5.75. The van der Waals surface area contributed by atoms with Gasteiger partial charge in [0.2, 0.25) is 0 Å². The van der Waals surface area contributed by atoms with Gasteiger partial charge in [-0.15, -0.1) is 0 Å². The van der Waals surface area contributed by atoms with Crippen LogP contribution in [0.2, 0.25) is 0 Å². The molecule has 0 radical (unpaired) electrons. The van der Waals surface area contributed by atoms with Gasteiger partial charge in [0.25, 0.3) is 5.91 Å². The van der Waals surface area contributed by atoms with Gasteiger partial charge in [0.1, 0.15) is 0 Å². The molecule has 1 aromatic rings. The Bertz CT molecular complexity index is 370. The zero-order chi connectivity index (χ0) is 11.5. The Morgan fingerprint density at radius 3 is 2.50 bits per heavy atom. The highest BCUT2D eigenvalue weighted by Crippen LogP contribution is 2.30. The lowest BCUT2D eigenvalue weighted by atomic mass is 10.2. The summed E-state index contributed by atoms with van der Waals surface area (Å²) in [4.78, 5) is 14.1. The van der Waals surface area contributed by atoms with E-state index in [2.05, 4.69) is 22.6 Å². The van der Waals surface area contributed by atoms with E-state index in [1.807, 2.05) is 36.1 Å². The molecule has 0 spiro atoms. The highest BCUT2D eigenvalue weighted by molar-refractivity contribution is 14.1. The molecule has 0 saturated heterocycles. The summed E-state index contributed by atoms with van der Waals surface area (Å²) in [6, 6.07) is 7.80. The van der Waals surface area contributed by atoms with Crippen LogP contribution >= 0.6 is 22.6 Å². The molecule has 16 heavy (non-hydrogen) atoms. The molecular weight excluding hydrogens is 313 g/mol. The zero-order valence-corrected chi connectivity index (χ0v) is 11.6. The van der Waals surface area contributed by atoms with Crippen LogP contribution in [0.3, 0.4) is 0 Å². The van der Waals surface area contributed by atoms with Crippen molar-refractivity contribution in [3.8, 4) is 0 Å². The molecule has 0 bridgehead atoms. The molecule has 0 atom stereocenters. The number of nitrogens with zero attached hydrogens (tertiary/aromatic N) is 1. The fourth-order valence-corrected chi connectivity index (χ4v) is 2.10. The lowest BCUT2D eigenvalue weighted by Gasteiger charge is -2.20. The minimum absolute atomic E-state index is 0.172. The maximum atomic E-state index is 12.2. The van der Waals surface area contributed by atoms with E-state index in [9.17, 15) is 4.79 Å². The van der Waals surface area contributed by atoms with Gasteiger partial charge < -0.3 is 4.90 Å². The molecule has 0 aromatic heterocycles. The highest BCUT2D eigenvalue weighted by Gasteiger charge is 2.26. The van der Waals surface area contributed by atoms with Crippen LogP contribution in [0.1, 0.15) is 30.1 Å². The largest absolute Gasteiger partial charge is 0.339 e. The molecule has 2 nitrogen and oxygen atoms in total. The number of halogens is 1. The number of hydrogen-bond acceptors (Lipinski definition) is 1. The maximum Gasteiger partial charge on any atom is 0.253 e. The summed E-state index contributed by atoms with van der Waals surface area (Å²) in [5.41, 5.74) is 0.808. The van der Waals surface area contributed by atoms with Gasteiger partial charge in [-0.05, 0) is 72.5 Å². The number of benzene rings is 1. The molecule has 1 fully saturated rings. The van der Waals surface area contributed by atoms with Crippen molar-refractivity contribution in [1.29, 1.82) is 0 Å². The van der Waals surface area contributed by atoms with E-state index >= 15 is 0 Å². The lowest BCUT2D eigenvalue weighted by Crippen LogP contribution is -2.32. The molecule has 0 N–H and O–H groups in total. The topological polar surface area (TPSA) is 20.3 Å². The summed E-state index contributed by atoms with van der Waals surface area (Å²) in [5.74, 6) is 0.929. The number of carbonyl (C=O) groups is 1. The van der Waals surface area contributed by atoms with E-state index in [1.54, 1.807) is 0 Å². The third-order valence-corrected chi connectivity index (χ3v) is 3.65. The first kappa shape index (κ1) is 11.9. The van der Waals surface area contributed by atoms with Gasteiger partial charge in [-0.1, -0.05) is 0 Å². The van der Waals surface area contributed by atoms with Crippen LogP contribution in [-0.2, 0) is 0 Å². The lowest BCUT2D eigenvalue weighted by molar-refractivity contribution is 0.0757. The van der Waals surface area contributed by atoms with Gasteiger partial charge in [-0.2, -0.15) is 0 Å². The number of hydrogen-bond donors (Lipinski definition) is 0. The van der Waals surface area contributed by atoms with E-state index in [-0.39, 0.29) is 5.91 Å². The molecule has 1 amide bonds. The van der Waals surface area contributed by atoms with Crippen LogP contribution in [0.4, 0.5) is 0 Å². The minimum Gasteiger partial charge on any atom is -0.339 e. The summed E-state index contributed by atoms with van der Waals surface area (Å²) >= 11 is 2.25. The van der Waals surface area contributed by atoms with Crippen LogP contribution in [0.5, 0.6) is 0 Å². The zero-order valence-electron chi connectivity index (χ0n) is 9.45. The predicted octanol–water partition coefficient (Wildman–Crippen LogP) is 3.16. The summed E-state index contributed by atoms with van der Waals surface area (Å²) < 4.78 is 1.17. The van der Waals surface area contributed by atoms with Gasteiger partial charge in [-0.25, -0.2) is 0 Å². The van der Waals surface area contributed by atoms with Gasteiger partial charge >= 0.3 is 0 Å². The van der Waals surface area contributed by atoms with Crippen molar-refractivity contribution >= 4 is 28.5 Å². The van der Waals surface area contributed by atoms with Gasteiger partial charge in [0.15, 0.2) is 0 Å². The second-order valence-electron chi connectivity index (χ2n) is 4.29. The van der Waals surface area contributed by atoms with Crippen LogP contribution < -0.4 is 0 Å². The predicted molar refractivity (Wildman–Crippen MR) is 73.5 cm³/mol. The van der Waals surface area contributed by atoms with E-state index in [1.165, 1.54) is 16.4 Å². The van der Waals surface area contributed by atoms with Gasteiger partial charge in [0.05, 0.1) is 0 Å². The van der Waals surface area contributed by atoms with Crippen LogP contribution in [-0.4, -0.2) is 23.9 Å². The molecule has 1 aliphatic rings. The summed E-state index contributed by atoms with van der Waals surface area (Å²) in [6.45, 7) is 3.79. The Balaban J connectivity index is 2.06. The quantitative estimate of drug-likeness (QED) is 0.777. The summed E-state index contributed by atoms with van der Waals surface area (Å²) in [7, 11) is 0. The first-order valence-corrected chi connectivity index (χ1v) is 6.83. The Hall–Kier alpha value is -0.580. The van der Waals surface area contributed by atoms with E-state index in [0.29, 0.717) is 0 Å². The molecule has 0 aliphatic heterocycles. The first-order chi connectivity index (χ1) is 7.70. The number of carbonyl (C=O) groups excluding carboxylic acids is 1. The second-order valence-corrected chi connectivity index (χ2v) is 5.54. The molecule has 0 unspecified atom stereocenters. The summed E-state index contributed by atoms with van der Waals surface area (Å²) in [6.07, 6.45) is 2.58. The van der Waals surface area contributed by atoms with Crippen LogP contribution in [0.15, 0.2) is 24.3 Å². The van der Waals surface area contributed by atoms with E-state index in [0.717, 1.165) is 24.6 Å². The Labute approximate surface area is 110 Å². The number of amides is 1. The minimum atomic E-state index is 0.172. The molecule has 2 rings (SSSR count). The molecule has 1 aromatic carbocycles. The van der Waals surface area contributed by atoms with Gasteiger partial charge in [-0.3, -0.25) is 4.79 Å². The molecule has 0 heterocycles. The molecular formula is C13H16INO. The molecule has 3 heteroatoms. The molecule has 86 valence electrons. The fourth-order valence-electron chi connectivity index (χ4n) is 1.74. The Morgan fingerprint density at radius 2 is 2.00 bits per heavy atom. The van der Waals surface area contributed by atoms with Crippen molar-refractivity contribution in [2.75, 3.05) is 13.1 Å². The number of rotatable bonds is 4. The smallest absolute Gasteiger partial charge is 0.253 e. The monoisotopic (exact) mass is 329 g/mol. The average Bonchev–Trinajstić information content (AvgIpc) is 3.10. The third-order valence-electron chi connectivity index (χ3n) is 2.94. The maximum absolute atomic E-state index is 12.2. The Kier molecular flexibility index (Phi) is 3.84. The van der Waals surface area contributed by atoms with Gasteiger partial charge in [0, 0.05) is 22.2 Å². The van der Waals surface area contributed by atoms with Crippen molar-refractivity contribution in [2.45, 2.75) is 19.8 Å². The SMILES string of the molecule is CCN(CC1CC1)C(=O)c1ccc(I)cc1. The molecule has 1 aliphatic carbocycles. The average molecular weight is 329 g/mol. The van der Waals surface area contributed by atoms with Crippen LogP contribution in [0.25, 0.3) is 0 Å². The van der Waals surface area contributed by atoms with Crippen molar-refractivity contribution in [3.63, 3.8) is 0 Å². The van der Waals surface area contributed by atoms with E-state index in [4.69, 9.17) is 0 Å². The van der Waals surface area contributed by atoms with Crippen molar-refractivity contribution in [3.05, 3.63) is 33.4 Å². The van der Waals surface area contributed by atoms with Crippen molar-refractivity contribution < 1.29 is 4.79 Å². The van der Waals surface area contributed by atoms with Crippen LogP contribution in [0, 0.1) is 9.49 Å². The fraction of sp³-hybridized carbons (Fsp3) is 0.462. The second kappa shape index (κ2) is 5.17.